The van der Waals surface area contributed by atoms with Crippen LogP contribution < -0.4 is 0 Å². The average Bonchev–Trinajstić information content (AvgIpc) is 3.54. The maximum absolute atomic E-state index is 13.0. The Morgan fingerprint density at radius 1 is 0.647 bits per heavy atom. The van der Waals surface area contributed by atoms with Crippen LogP contribution in [0.3, 0.4) is 0 Å². The fourth-order valence-electron chi connectivity index (χ4n) is 4.17. The Balaban J connectivity index is 1.49. The van der Waals surface area contributed by atoms with E-state index in [-0.39, 0.29) is 0 Å². The van der Waals surface area contributed by atoms with Crippen molar-refractivity contribution in [2.45, 2.75) is 30.7 Å². The van der Waals surface area contributed by atoms with Crippen LogP contribution in [0.5, 0.6) is 0 Å². The first kappa shape index (κ1) is 22.3. The summed E-state index contributed by atoms with van der Waals surface area (Å²) < 4.78 is 29.6. The fourth-order valence-corrected chi connectivity index (χ4v) is 4.17. The van der Waals surface area contributed by atoms with Crippen molar-refractivity contribution >= 4 is 11.9 Å². The van der Waals surface area contributed by atoms with E-state index in [4.69, 9.17) is 23.7 Å². The van der Waals surface area contributed by atoms with Crippen LogP contribution in [0.4, 0.5) is 0 Å². The first-order chi connectivity index (χ1) is 16.7. The SMILES string of the molecule is O=C(O[C@H]1[C@H](OC(=O)c2ccccc2)[C@H](C2OCCO2)O[C@@H]1c1ccccc1)c1ccccc1. The monoisotopic (exact) mass is 460 g/mol. The van der Waals surface area contributed by atoms with Gasteiger partial charge in [0.05, 0.1) is 24.3 Å². The number of carbonyl (C=O) groups is 2. The molecule has 2 aliphatic heterocycles. The molecule has 0 N–H and O–H groups in total. The van der Waals surface area contributed by atoms with Gasteiger partial charge < -0.3 is 23.7 Å². The summed E-state index contributed by atoms with van der Waals surface area (Å²) in [4.78, 5) is 26.0. The van der Waals surface area contributed by atoms with E-state index in [1.807, 2.05) is 42.5 Å². The molecule has 2 fully saturated rings. The van der Waals surface area contributed by atoms with E-state index in [1.54, 1.807) is 48.5 Å². The summed E-state index contributed by atoms with van der Waals surface area (Å²) in [6, 6.07) is 26.7. The first-order valence-electron chi connectivity index (χ1n) is 11.2. The Morgan fingerprint density at radius 2 is 1.12 bits per heavy atom. The molecule has 3 aromatic carbocycles. The van der Waals surface area contributed by atoms with E-state index >= 15 is 0 Å². The van der Waals surface area contributed by atoms with Crippen molar-refractivity contribution in [2.24, 2.45) is 0 Å². The van der Waals surface area contributed by atoms with Crippen LogP contribution in [0, 0.1) is 0 Å². The van der Waals surface area contributed by atoms with Crippen molar-refractivity contribution < 1.29 is 33.3 Å². The van der Waals surface area contributed by atoms with Gasteiger partial charge in [-0.3, -0.25) is 0 Å². The molecule has 0 aromatic heterocycles. The van der Waals surface area contributed by atoms with Gasteiger partial charge in [-0.15, -0.1) is 0 Å². The third-order valence-corrected chi connectivity index (χ3v) is 5.80. The Hall–Kier alpha value is -3.52. The predicted molar refractivity (Wildman–Crippen MR) is 121 cm³/mol. The van der Waals surface area contributed by atoms with Gasteiger partial charge in [-0.2, -0.15) is 0 Å². The molecular formula is C27H24O7. The summed E-state index contributed by atoms with van der Waals surface area (Å²) in [6.45, 7) is 0.794. The molecule has 174 valence electrons. The fraction of sp³-hybridized carbons (Fsp3) is 0.259. The van der Waals surface area contributed by atoms with Gasteiger partial charge in [0.15, 0.2) is 18.5 Å². The molecule has 34 heavy (non-hydrogen) atoms. The number of carbonyl (C=O) groups excluding carboxylic acids is 2. The van der Waals surface area contributed by atoms with Crippen LogP contribution in [0.15, 0.2) is 91.0 Å². The zero-order valence-electron chi connectivity index (χ0n) is 18.3. The van der Waals surface area contributed by atoms with Crippen LogP contribution in [0.2, 0.25) is 0 Å². The van der Waals surface area contributed by atoms with Crippen LogP contribution in [0.25, 0.3) is 0 Å². The predicted octanol–water partition coefficient (Wildman–Crippen LogP) is 3.95. The maximum Gasteiger partial charge on any atom is 0.338 e. The molecule has 4 atom stereocenters. The molecule has 5 rings (SSSR count). The van der Waals surface area contributed by atoms with Crippen molar-refractivity contribution in [3.8, 4) is 0 Å². The van der Waals surface area contributed by atoms with Crippen LogP contribution in [-0.4, -0.2) is 49.8 Å². The molecule has 0 bridgehead atoms. The van der Waals surface area contributed by atoms with Crippen LogP contribution >= 0.6 is 0 Å². The van der Waals surface area contributed by atoms with E-state index in [1.165, 1.54) is 0 Å². The van der Waals surface area contributed by atoms with Gasteiger partial charge in [0.25, 0.3) is 0 Å². The third-order valence-electron chi connectivity index (χ3n) is 5.80. The number of hydrogen-bond acceptors (Lipinski definition) is 7. The highest BCUT2D eigenvalue weighted by Gasteiger charge is 2.54. The molecule has 2 saturated heterocycles. The van der Waals surface area contributed by atoms with Gasteiger partial charge >= 0.3 is 11.9 Å². The standard InChI is InChI=1S/C27H24O7/c28-25(19-12-6-2-7-13-19)33-22-21(18-10-4-1-5-11-18)32-24(27-30-16-17-31-27)23(22)34-26(29)20-14-8-3-9-15-20/h1-15,21-24,27H,16-17H2/t21-,22-,23+,24-/m1/s1. The van der Waals surface area contributed by atoms with Crippen LogP contribution in [0.1, 0.15) is 32.4 Å². The Morgan fingerprint density at radius 3 is 1.65 bits per heavy atom. The summed E-state index contributed by atoms with van der Waals surface area (Å²) in [7, 11) is 0. The molecule has 0 radical (unpaired) electrons. The molecular weight excluding hydrogens is 436 g/mol. The summed E-state index contributed by atoms with van der Waals surface area (Å²) in [5, 5.41) is 0. The van der Waals surface area contributed by atoms with Gasteiger partial charge in [-0.05, 0) is 29.8 Å². The largest absolute Gasteiger partial charge is 0.452 e. The lowest BCUT2D eigenvalue weighted by molar-refractivity contribution is -0.159. The molecule has 2 aliphatic rings. The second-order valence-corrected chi connectivity index (χ2v) is 8.01. The van der Waals surface area contributed by atoms with E-state index in [2.05, 4.69) is 0 Å². The van der Waals surface area contributed by atoms with Gasteiger partial charge in [0.1, 0.15) is 12.2 Å². The molecule has 7 nitrogen and oxygen atoms in total. The van der Waals surface area contributed by atoms with Crippen molar-refractivity contribution in [3.63, 3.8) is 0 Å². The summed E-state index contributed by atoms with van der Waals surface area (Å²) in [5.41, 5.74) is 1.56. The van der Waals surface area contributed by atoms with Crippen molar-refractivity contribution in [2.75, 3.05) is 13.2 Å². The summed E-state index contributed by atoms with van der Waals surface area (Å²) >= 11 is 0. The lowest BCUT2D eigenvalue weighted by Crippen LogP contribution is -2.44. The Labute approximate surface area is 197 Å². The van der Waals surface area contributed by atoms with Gasteiger partial charge in [-0.1, -0.05) is 66.7 Å². The number of esters is 2. The topological polar surface area (TPSA) is 80.3 Å². The molecule has 0 spiro atoms. The van der Waals surface area contributed by atoms with Crippen molar-refractivity contribution in [1.29, 1.82) is 0 Å². The zero-order chi connectivity index (χ0) is 23.3. The van der Waals surface area contributed by atoms with Gasteiger partial charge in [0.2, 0.25) is 0 Å². The lowest BCUT2D eigenvalue weighted by Gasteiger charge is -2.26. The minimum absolute atomic E-state index is 0.380. The number of ether oxygens (including phenoxy) is 5. The normalized spacial score (nSPS) is 24.6. The molecule has 3 aromatic rings. The first-order valence-corrected chi connectivity index (χ1v) is 11.2. The van der Waals surface area contributed by atoms with Crippen LogP contribution in [-0.2, 0) is 23.7 Å². The number of benzene rings is 3. The lowest BCUT2D eigenvalue weighted by atomic mass is 10.0. The number of hydrogen-bond donors (Lipinski definition) is 0. The Kier molecular flexibility index (Phi) is 6.67. The van der Waals surface area contributed by atoms with E-state index in [0.717, 1.165) is 5.56 Å². The second kappa shape index (κ2) is 10.2. The van der Waals surface area contributed by atoms with E-state index < -0.39 is 42.6 Å². The summed E-state index contributed by atoms with van der Waals surface area (Å²) in [5.74, 6) is -1.09. The highest BCUT2D eigenvalue weighted by atomic mass is 16.7. The third kappa shape index (κ3) is 4.72. The zero-order valence-corrected chi connectivity index (χ0v) is 18.3. The molecule has 7 heteroatoms. The maximum atomic E-state index is 13.0. The average molecular weight is 460 g/mol. The van der Waals surface area contributed by atoms with Crippen molar-refractivity contribution in [3.05, 3.63) is 108 Å². The smallest absolute Gasteiger partial charge is 0.338 e. The minimum Gasteiger partial charge on any atom is -0.452 e. The molecule has 0 unspecified atom stereocenters. The molecule has 0 amide bonds. The Bertz CT molecular complexity index is 1100. The highest BCUT2D eigenvalue weighted by Crippen LogP contribution is 2.40. The van der Waals surface area contributed by atoms with E-state index in [0.29, 0.717) is 24.3 Å². The second-order valence-electron chi connectivity index (χ2n) is 8.01. The van der Waals surface area contributed by atoms with Gasteiger partial charge in [-0.25, -0.2) is 9.59 Å². The highest BCUT2D eigenvalue weighted by molar-refractivity contribution is 5.90. The quantitative estimate of drug-likeness (QED) is 0.515. The molecule has 0 saturated carbocycles. The van der Waals surface area contributed by atoms with Crippen molar-refractivity contribution in [1.82, 2.24) is 0 Å². The molecule has 0 aliphatic carbocycles. The number of rotatable bonds is 6. The minimum atomic E-state index is -0.950. The molecule has 2 heterocycles. The van der Waals surface area contributed by atoms with Gasteiger partial charge in [0, 0.05) is 0 Å². The van der Waals surface area contributed by atoms with E-state index in [9.17, 15) is 9.59 Å². The summed E-state index contributed by atoms with van der Waals surface area (Å²) in [6.07, 6.45) is -4.08.